The van der Waals surface area contributed by atoms with Gasteiger partial charge < -0.3 is 16.2 Å². The standard InChI is InChI=1S/C6H14N4O/c1-4(2)3-11-6(9)10-5(7)8/h4H,3H2,1-2H3,(H5,7,8,9,10). The number of nitrogens with zero attached hydrogens (tertiary/aromatic N) is 1. The van der Waals surface area contributed by atoms with Gasteiger partial charge in [-0.2, -0.15) is 4.99 Å². The molecule has 0 aliphatic heterocycles. The normalized spacial score (nSPS) is 9.36. The van der Waals surface area contributed by atoms with Crippen LogP contribution in [0.15, 0.2) is 4.99 Å². The molecule has 0 radical (unpaired) electrons. The summed E-state index contributed by atoms with van der Waals surface area (Å²) < 4.78 is 4.85. The Morgan fingerprint density at radius 3 is 2.45 bits per heavy atom. The van der Waals surface area contributed by atoms with Crippen molar-refractivity contribution in [1.29, 1.82) is 5.41 Å². The Hall–Kier alpha value is -1.26. The van der Waals surface area contributed by atoms with Crippen molar-refractivity contribution in [1.82, 2.24) is 0 Å². The number of rotatable bonds is 2. The van der Waals surface area contributed by atoms with E-state index in [4.69, 9.17) is 21.6 Å². The van der Waals surface area contributed by atoms with E-state index in [1.54, 1.807) is 0 Å². The van der Waals surface area contributed by atoms with E-state index in [1.165, 1.54) is 0 Å². The maximum Gasteiger partial charge on any atom is 0.312 e. The van der Waals surface area contributed by atoms with Gasteiger partial charge in [-0.15, -0.1) is 0 Å². The summed E-state index contributed by atoms with van der Waals surface area (Å²) in [7, 11) is 0. The van der Waals surface area contributed by atoms with Crippen LogP contribution in [0.2, 0.25) is 0 Å². The van der Waals surface area contributed by atoms with Crippen molar-refractivity contribution in [2.45, 2.75) is 13.8 Å². The van der Waals surface area contributed by atoms with Crippen LogP contribution in [0.4, 0.5) is 0 Å². The summed E-state index contributed by atoms with van der Waals surface area (Å²) in [6.45, 7) is 4.40. The maximum absolute atomic E-state index is 7.04. The first-order valence-corrected chi connectivity index (χ1v) is 3.33. The molecule has 0 saturated carbocycles. The number of nitrogens with one attached hydrogen (secondary N) is 1. The molecule has 5 nitrogen and oxygen atoms in total. The van der Waals surface area contributed by atoms with Crippen LogP contribution in [0, 0.1) is 11.3 Å². The van der Waals surface area contributed by atoms with E-state index in [-0.39, 0.29) is 12.0 Å². The van der Waals surface area contributed by atoms with Gasteiger partial charge in [0.25, 0.3) is 0 Å². The van der Waals surface area contributed by atoms with Crippen LogP contribution in [0.1, 0.15) is 13.8 Å². The van der Waals surface area contributed by atoms with E-state index in [2.05, 4.69) is 4.99 Å². The highest BCUT2D eigenvalue weighted by Crippen LogP contribution is 1.92. The van der Waals surface area contributed by atoms with Crippen LogP contribution in [0.3, 0.4) is 0 Å². The first-order chi connectivity index (χ1) is 5.02. The molecular formula is C6H14N4O. The summed E-state index contributed by atoms with van der Waals surface area (Å²) in [5.41, 5.74) is 10.0. The molecule has 5 N–H and O–H groups in total. The largest absolute Gasteiger partial charge is 0.464 e. The first kappa shape index (κ1) is 9.74. The summed E-state index contributed by atoms with van der Waals surface area (Å²) in [4.78, 5) is 3.38. The second-order valence-electron chi connectivity index (χ2n) is 2.55. The molecule has 0 aromatic rings. The van der Waals surface area contributed by atoms with Crippen LogP contribution in [0.5, 0.6) is 0 Å². The quantitative estimate of drug-likeness (QED) is 0.385. The van der Waals surface area contributed by atoms with Crippen molar-refractivity contribution in [3.05, 3.63) is 0 Å². The molecule has 0 aromatic heterocycles. The van der Waals surface area contributed by atoms with E-state index in [9.17, 15) is 0 Å². The predicted octanol–water partition coefficient (Wildman–Crippen LogP) is -0.133. The molecule has 0 spiro atoms. The van der Waals surface area contributed by atoms with Gasteiger partial charge in [0.05, 0.1) is 6.61 Å². The molecule has 0 fully saturated rings. The Bertz CT molecular complexity index is 160. The average Bonchev–Trinajstić information content (AvgIpc) is 1.82. The predicted molar refractivity (Wildman–Crippen MR) is 44.3 cm³/mol. The minimum Gasteiger partial charge on any atom is -0.464 e. The molecule has 0 aliphatic carbocycles. The summed E-state index contributed by atoms with van der Waals surface area (Å²) in [5.74, 6) is 0.211. The number of hydrogen-bond acceptors (Lipinski definition) is 2. The van der Waals surface area contributed by atoms with Gasteiger partial charge in [0, 0.05) is 0 Å². The molecule has 0 saturated heterocycles. The van der Waals surface area contributed by atoms with Gasteiger partial charge >= 0.3 is 6.02 Å². The first-order valence-electron chi connectivity index (χ1n) is 3.33. The Balaban J connectivity index is 3.63. The van der Waals surface area contributed by atoms with E-state index in [1.807, 2.05) is 13.8 Å². The van der Waals surface area contributed by atoms with Gasteiger partial charge in [-0.3, -0.25) is 0 Å². The molecule has 0 rings (SSSR count). The van der Waals surface area contributed by atoms with Crippen LogP contribution >= 0.6 is 0 Å². The van der Waals surface area contributed by atoms with Crippen LogP contribution < -0.4 is 11.5 Å². The van der Waals surface area contributed by atoms with E-state index in [0.29, 0.717) is 12.5 Å². The zero-order chi connectivity index (χ0) is 8.85. The van der Waals surface area contributed by atoms with Crippen molar-refractivity contribution in [2.24, 2.45) is 22.4 Å². The Labute approximate surface area is 65.9 Å². The number of hydrogen-bond donors (Lipinski definition) is 3. The zero-order valence-corrected chi connectivity index (χ0v) is 6.79. The third kappa shape index (κ3) is 6.63. The van der Waals surface area contributed by atoms with Gasteiger partial charge in [-0.25, -0.2) is 5.41 Å². The summed E-state index contributed by atoms with van der Waals surface area (Å²) in [6, 6.07) is -0.237. The lowest BCUT2D eigenvalue weighted by Crippen LogP contribution is -2.25. The average molecular weight is 158 g/mol. The fourth-order valence-electron chi connectivity index (χ4n) is 0.395. The Kier molecular flexibility index (Phi) is 4.02. The third-order valence-corrected chi connectivity index (χ3v) is 0.784. The highest BCUT2D eigenvalue weighted by atomic mass is 16.5. The Morgan fingerprint density at radius 1 is 1.55 bits per heavy atom. The highest BCUT2D eigenvalue weighted by molar-refractivity contribution is 5.88. The van der Waals surface area contributed by atoms with Gasteiger partial charge in [0.15, 0.2) is 5.96 Å². The molecular weight excluding hydrogens is 144 g/mol. The number of nitrogens with two attached hydrogens (primary N) is 2. The van der Waals surface area contributed by atoms with Gasteiger partial charge in [0.2, 0.25) is 0 Å². The number of aliphatic imine (C=N–C) groups is 1. The lowest BCUT2D eigenvalue weighted by molar-refractivity contribution is 0.253. The zero-order valence-electron chi connectivity index (χ0n) is 6.79. The molecule has 5 heteroatoms. The number of ether oxygens (including phenoxy) is 1. The van der Waals surface area contributed by atoms with E-state index >= 15 is 0 Å². The Morgan fingerprint density at radius 2 is 2.09 bits per heavy atom. The molecule has 0 unspecified atom stereocenters. The van der Waals surface area contributed by atoms with Crippen LogP contribution in [-0.4, -0.2) is 18.6 Å². The molecule has 64 valence electrons. The smallest absolute Gasteiger partial charge is 0.312 e. The topological polar surface area (TPSA) is 97.5 Å². The van der Waals surface area contributed by atoms with Crippen molar-refractivity contribution in [2.75, 3.05) is 6.61 Å². The van der Waals surface area contributed by atoms with Crippen molar-refractivity contribution in [3.63, 3.8) is 0 Å². The molecule has 0 aromatic carbocycles. The van der Waals surface area contributed by atoms with E-state index in [0.717, 1.165) is 0 Å². The fourth-order valence-corrected chi connectivity index (χ4v) is 0.395. The summed E-state index contributed by atoms with van der Waals surface area (Å²) >= 11 is 0. The van der Waals surface area contributed by atoms with Crippen molar-refractivity contribution in [3.8, 4) is 0 Å². The van der Waals surface area contributed by atoms with Gasteiger partial charge in [0.1, 0.15) is 0 Å². The molecule has 0 aliphatic rings. The SMILES string of the molecule is CC(C)COC(=N)N=C(N)N. The highest BCUT2D eigenvalue weighted by Gasteiger charge is 1.97. The second kappa shape index (κ2) is 4.54. The van der Waals surface area contributed by atoms with Gasteiger partial charge in [-0.1, -0.05) is 13.8 Å². The molecule has 11 heavy (non-hydrogen) atoms. The second-order valence-corrected chi connectivity index (χ2v) is 2.55. The fraction of sp³-hybridized carbons (Fsp3) is 0.667. The summed E-state index contributed by atoms with van der Waals surface area (Å²) in [6.07, 6.45) is 0. The molecule has 0 atom stereocenters. The van der Waals surface area contributed by atoms with Crippen LogP contribution in [-0.2, 0) is 4.74 Å². The maximum atomic E-state index is 7.04. The van der Waals surface area contributed by atoms with Crippen LogP contribution in [0.25, 0.3) is 0 Å². The van der Waals surface area contributed by atoms with Crippen molar-refractivity contribution >= 4 is 12.0 Å². The van der Waals surface area contributed by atoms with E-state index < -0.39 is 0 Å². The number of amidine groups is 1. The third-order valence-electron chi connectivity index (χ3n) is 0.784. The minimum absolute atomic E-state index is 0.154. The summed E-state index contributed by atoms with van der Waals surface area (Å²) in [5, 5.41) is 7.04. The lowest BCUT2D eigenvalue weighted by Gasteiger charge is -2.05. The van der Waals surface area contributed by atoms with Gasteiger partial charge in [-0.05, 0) is 5.92 Å². The molecule has 0 amide bonds. The monoisotopic (exact) mass is 158 g/mol. The number of guanidine groups is 1. The lowest BCUT2D eigenvalue weighted by atomic mass is 10.2. The molecule has 0 bridgehead atoms. The van der Waals surface area contributed by atoms with Crippen molar-refractivity contribution < 1.29 is 4.74 Å². The molecule has 0 heterocycles. The minimum atomic E-state index is -0.237.